The van der Waals surface area contributed by atoms with E-state index >= 15 is 0 Å². The van der Waals surface area contributed by atoms with E-state index < -0.39 is 5.50 Å². The van der Waals surface area contributed by atoms with Crippen LogP contribution < -0.4 is 0 Å². The first kappa shape index (κ1) is 9.19. The zero-order valence-electron chi connectivity index (χ0n) is 4.92. The molecule has 0 amide bonds. The third-order valence-corrected chi connectivity index (χ3v) is 2.93. The molecule has 0 fully saturated rings. The van der Waals surface area contributed by atoms with E-state index in [1.807, 2.05) is 0 Å². The molecule has 0 radical (unpaired) electrons. The van der Waals surface area contributed by atoms with E-state index in [9.17, 15) is 4.91 Å². The van der Waals surface area contributed by atoms with Gasteiger partial charge in [-0.05, 0) is 5.18 Å². The number of hydrogen-bond acceptors (Lipinski definition) is 4. The van der Waals surface area contributed by atoms with Crippen LogP contribution in [0.5, 0.6) is 0 Å². The van der Waals surface area contributed by atoms with Gasteiger partial charge >= 0.3 is 0 Å². The van der Waals surface area contributed by atoms with Crippen LogP contribution in [0.25, 0.3) is 0 Å². The summed E-state index contributed by atoms with van der Waals surface area (Å²) in [7, 11) is 0. The van der Waals surface area contributed by atoms with Crippen LogP contribution in [0.2, 0.25) is 9.62 Å². The average molecular weight is 231 g/mol. The van der Waals surface area contributed by atoms with Gasteiger partial charge in [-0.25, -0.2) is 4.98 Å². The summed E-state index contributed by atoms with van der Waals surface area (Å²) in [6.45, 7) is 0. The second-order valence-corrected chi connectivity index (χ2v) is 3.95. The maximum Gasteiger partial charge on any atom is 0.202 e. The predicted molar refractivity (Wildman–Crippen MR) is 46.5 cm³/mol. The summed E-state index contributed by atoms with van der Waals surface area (Å²) in [5.41, 5.74) is -0.993. The van der Waals surface area contributed by atoms with Crippen LogP contribution in [0.1, 0.15) is 10.4 Å². The molecule has 1 aromatic heterocycles. The summed E-state index contributed by atoms with van der Waals surface area (Å²) in [6.07, 6.45) is 0. The molecule has 1 heterocycles. The molecule has 0 spiro atoms. The van der Waals surface area contributed by atoms with Crippen molar-refractivity contribution in [2.24, 2.45) is 5.18 Å². The Labute approximate surface area is 81.3 Å². The molecule has 3 nitrogen and oxygen atoms in total. The van der Waals surface area contributed by atoms with E-state index in [2.05, 4.69) is 10.2 Å². The lowest BCUT2D eigenvalue weighted by Crippen LogP contribution is -1.79. The van der Waals surface area contributed by atoms with Crippen molar-refractivity contribution in [3.63, 3.8) is 0 Å². The smallest absolute Gasteiger partial charge is 0.202 e. The maximum absolute atomic E-state index is 9.96. The minimum Gasteiger partial charge on any atom is -0.213 e. The van der Waals surface area contributed by atoms with Gasteiger partial charge in [0.1, 0.15) is 5.15 Å². The topological polar surface area (TPSA) is 42.3 Å². The molecule has 11 heavy (non-hydrogen) atoms. The van der Waals surface area contributed by atoms with E-state index in [4.69, 9.17) is 34.8 Å². The highest BCUT2D eigenvalue weighted by atomic mass is 35.5. The van der Waals surface area contributed by atoms with Gasteiger partial charge < -0.3 is 0 Å². The number of nitroso groups, excluding NO2 is 1. The Morgan fingerprint density at radius 2 is 2.18 bits per heavy atom. The van der Waals surface area contributed by atoms with Crippen LogP contribution in [0, 0.1) is 4.91 Å². The first-order valence-corrected chi connectivity index (χ1v) is 4.44. The molecule has 0 saturated heterocycles. The van der Waals surface area contributed by atoms with Gasteiger partial charge in [-0.15, -0.1) is 16.2 Å². The summed E-state index contributed by atoms with van der Waals surface area (Å²) in [6, 6.07) is 0. The zero-order chi connectivity index (χ0) is 8.43. The summed E-state index contributed by atoms with van der Waals surface area (Å²) in [5, 5.41) is 2.71. The fourth-order valence-corrected chi connectivity index (χ4v) is 2.09. The lowest BCUT2D eigenvalue weighted by molar-refractivity contribution is 1.03. The molecular formula is C4HCl3N2OS. The molecule has 0 N–H and O–H groups in total. The van der Waals surface area contributed by atoms with E-state index in [-0.39, 0.29) is 9.62 Å². The van der Waals surface area contributed by atoms with Crippen molar-refractivity contribution in [1.82, 2.24) is 4.98 Å². The molecule has 0 aliphatic heterocycles. The van der Waals surface area contributed by atoms with Crippen molar-refractivity contribution in [3.8, 4) is 0 Å². The molecule has 1 atom stereocenters. The highest BCUT2D eigenvalue weighted by Crippen LogP contribution is 2.35. The molecule has 60 valence electrons. The molecule has 0 aromatic carbocycles. The molecule has 0 aliphatic carbocycles. The van der Waals surface area contributed by atoms with Crippen molar-refractivity contribution in [3.05, 3.63) is 19.4 Å². The van der Waals surface area contributed by atoms with E-state index in [1.54, 1.807) is 0 Å². The molecule has 1 unspecified atom stereocenters. The Kier molecular flexibility index (Phi) is 3.06. The first-order chi connectivity index (χ1) is 5.15. The van der Waals surface area contributed by atoms with Gasteiger partial charge in [-0.1, -0.05) is 34.8 Å². The van der Waals surface area contributed by atoms with Crippen LogP contribution in [0.3, 0.4) is 0 Å². The monoisotopic (exact) mass is 230 g/mol. The summed E-state index contributed by atoms with van der Waals surface area (Å²) < 4.78 is 0.249. The Bertz CT molecular complexity index is 276. The second kappa shape index (κ2) is 3.67. The molecule has 0 aliphatic rings. The fourth-order valence-electron chi connectivity index (χ4n) is 0.483. The van der Waals surface area contributed by atoms with E-state index in [1.165, 1.54) is 0 Å². The van der Waals surface area contributed by atoms with Crippen molar-refractivity contribution >= 4 is 46.1 Å². The zero-order valence-corrected chi connectivity index (χ0v) is 8.01. The third kappa shape index (κ3) is 2.02. The van der Waals surface area contributed by atoms with Crippen LogP contribution in [-0.4, -0.2) is 4.98 Å². The Hall–Kier alpha value is 0.1000. The van der Waals surface area contributed by atoms with Gasteiger partial charge in [0.25, 0.3) is 0 Å². The average Bonchev–Trinajstić information content (AvgIpc) is 2.28. The lowest BCUT2D eigenvalue weighted by Gasteiger charge is -1.92. The number of aromatic nitrogens is 1. The summed E-state index contributed by atoms with van der Waals surface area (Å²) in [5.74, 6) is 0. The number of halogens is 3. The van der Waals surface area contributed by atoms with Crippen molar-refractivity contribution in [1.29, 1.82) is 0 Å². The largest absolute Gasteiger partial charge is 0.213 e. The van der Waals surface area contributed by atoms with Gasteiger partial charge in [0.15, 0.2) is 4.47 Å². The molecule has 1 aromatic rings. The molecule has 0 bridgehead atoms. The Morgan fingerprint density at radius 1 is 1.55 bits per heavy atom. The standard InChI is InChI=1S/C4HCl3N2OS/c5-2-1(3(6)9-10)11-4(7)8-2/h3H. The van der Waals surface area contributed by atoms with Crippen LogP contribution in [0.15, 0.2) is 5.18 Å². The van der Waals surface area contributed by atoms with Gasteiger partial charge in [-0.3, -0.25) is 0 Å². The van der Waals surface area contributed by atoms with Gasteiger partial charge in [-0.2, -0.15) is 0 Å². The number of nitrogens with zero attached hydrogens (tertiary/aromatic N) is 2. The summed E-state index contributed by atoms with van der Waals surface area (Å²) >= 11 is 17.5. The third-order valence-electron chi connectivity index (χ3n) is 0.892. The quantitative estimate of drug-likeness (QED) is 0.444. The molecular weight excluding hydrogens is 230 g/mol. The number of alkyl halides is 1. The molecule has 1 rings (SSSR count). The highest BCUT2D eigenvalue weighted by molar-refractivity contribution is 7.16. The predicted octanol–water partition coefficient (Wildman–Crippen LogP) is 3.45. The fraction of sp³-hybridized carbons (Fsp3) is 0.250. The first-order valence-electron chi connectivity index (χ1n) is 2.43. The normalized spacial score (nSPS) is 13.0. The summed E-state index contributed by atoms with van der Waals surface area (Å²) in [4.78, 5) is 14.0. The number of rotatable bonds is 2. The molecule has 7 heteroatoms. The highest BCUT2D eigenvalue weighted by Gasteiger charge is 2.16. The van der Waals surface area contributed by atoms with Gasteiger partial charge in [0, 0.05) is 0 Å². The second-order valence-electron chi connectivity index (χ2n) is 1.56. The Balaban J connectivity index is 3.02. The number of thiazole rings is 1. The van der Waals surface area contributed by atoms with Crippen molar-refractivity contribution in [2.45, 2.75) is 5.50 Å². The van der Waals surface area contributed by atoms with Crippen LogP contribution in [0.4, 0.5) is 0 Å². The van der Waals surface area contributed by atoms with Crippen molar-refractivity contribution < 1.29 is 0 Å². The maximum atomic E-state index is 9.96. The SMILES string of the molecule is O=NC(Cl)c1sc(Cl)nc1Cl. The number of hydrogen-bond donors (Lipinski definition) is 0. The van der Waals surface area contributed by atoms with Gasteiger partial charge in [0.2, 0.25) is 5.50 Å². The van der Waals surface area contributed by atoms with Gasteiger partial charge in [0.05, 0.1) is 4.88 Å². The molecule has 0 saturated carbocycles. The van der Waals surface area contributed by atoms with E-state index in [0.29, 0.717) is 4.88 Å². The van der Waals surface area contributed by atoms with E-state index in [0.717, 1.165) is 11.3 Å². The minimum atomic E-state index is -0.993. The van der Waals surface area contributed by atoms with Crippen LogP contribution >= 0.6 is 46.1 Å². The van der Waals surface area contributed by atoms with Crippen molar-refractivity contribution in [2.75, 3.05) is 0 Å². The Morgan fingerprint density at radius 3 is 2.55 bits per heavy atom. The van der Waals surface area contributed by atoms with Crippen LogP contribution in [-0.2, 0) is 0 Å². The lowest BCUT2D eigenvalue weighted by atomic mass is 10.5. The minimum absolute atomic E-state index is 0.139.